The molecule has 0 radical (unpaired) electrons. The van der Waals surface area contributed by atoms with E-state index in [4.69, 9.17) is 14.2 Å². The first-order valence-electron chi connectivity index (χ1n) is 25.1. The number of carbonyl (C=O) groups excluding carboxylic acids is 2. The molecule has 0 amide bonds. The summed E-state index contributed by atoms with van der Waals surface area (Å²) in [7, 11) is 0. The molecule has 5 nitrogen and oxygen atoms in total. The van der Waals surface area contributed by atoms with Gasteiger partial charge in [0.25, 0.3) is 0 Å². The highest BCUT2D eigenvalue weighted by molar-refractivity contribution is 5.70. The van der Waals surface area contributed by atoms with Gasteiger partial charge in [-0.3, -0.25) is 9.59 Å². The van der Waals surface area contributed by atoms with E-state index in [-0.39, 0.29) is 25.2 Å². The molecule has 0 aliphatic carbocycles. The fourth-order valence-electron chi connectivity index (χ4n) is 6.68. The van der Waals surface area contributed by atoms with Crippen LogP contribution in [0.4, 0.5) is 0 Å². The van der Waals surface area contributed by atoms with Crippen molar-refractivity contribution in [2.75, 3.05) is 19.8 Å². The van der Waals surface area contributed by atoms with E-state index in [1.165, 1.54) is 89.9 Å². The second-order valence-corrected chi connectivity index (χ2v) is 16.3. The van der Waals surface area contributed by atoms with Gasteiger partial charge in [0.05, 0.1) is 6.61 Å². The number of unbranched alkanes of at least 4 members (excludes halogenated alkanes) is 20. The Bertz CT molecular complexity index is 1130. The minimum absolute atomic E-state index is 0.0603. The van der Waals surface area contributed by atoms with Gasteiger partial charge in [-0.05, 0) is 96.3 Å². The summed E-state index contributed by atoms with van der Waals surface area (Å²) in [6.45, 7) is 7.63. The summed E-state index contributed by atoms with van der Waals surface area (Å²) >= 11 is 0. The molecule has 0 aromatic carbocycles. The zero-order valence-corrected chi connectivity index (χ0v) is 39.5. The Labute approximate surface area is 371 Å². The molecule has 0 aliphatic heterocycles. The second kappa shape index (κ2) is 50.4. The van der Waals surface area contributed by atoms with Crippen molar-refractivity contribution in [2.45, 2.75) is 232 Å². The number of rotatable bonds is 45. The van der Waals surface area contributed by atoms with Crippen molar-refractivity contribution in [3.63, 3.8) is 0 Å². The predicted octanol–water partition coefficient (Wildman–Crippen LogP) is 16.9. The number of hydrogen-bond donors (Lipinski definition) is 0. The van der Waals surface area contributed by atoms with E-state index in [9.17, 15) is 9.59 Å². The molecule has 0 aromatic rings. The predicted molar refractivity (Wildman–Crippen MR) is 260 cm³/mol. The van der Waals surface area contributed by atoms with E-state index in [1.807, 2.05) is 0 Å². The summed E-state index contributed by atoms with van der Waals surface area (Å²) in [6.07, 6.45) is 65.8. The first kappa shape index (κ1) is 57.1. The van der Waals surface area contributed by atoms with E-state index < -0.39 is 6.10 Å². The van der Waals surface area contributed by atoms with E-state index in [2.05, 4.69) is 106 Å². The van der Waals surface area contributed by atoms with Gasteiger partial charge in [0.1, 0.15) is 6.61 Å². The van der Waals surface area contributed by atoms with Crippen LogP contribution in [0.3, 0.4) is 0 Å². The summed E-state index contributed by atoms with van der Waals surface area (Å²) in [5.74, 6) is -0.450. The summed E-state index contributed by atoms with van der Waals surface area (Å²) in [5.41, 5.74) is 0. The van der Waals surface area contributed by atoms with Gasteiger partial charge in [0.15, 0.2) is 6.10 Å². The van der Waals surface area contributed by atoms with Gasteiger partial charge < -0.3 is 14.2 Å². The van der Waals surface area contributed by atoms with Crippen LogP contribution in [-0.4, -0.2) is 37.9 Å². The Balaban J connectivity index is 4.32. The molecule has 0 aromatic heterocycles. The van der Waals surface area contributed by atoms with Crippen molar-refractivity contribution in [2.24, 2.45) is 0 Å². The van der Waals surface area contributed by atoms with Crippen molar-refractivity contribution in [3.8, 4) is 0 Å². The van der Waals surface area contributed by atoms with Crippen LogP contribution in [0, 0.1) is 0 Å². The lowest BCUT2D eigenvalue weighted by molar-refractivity contribution is -0.163. The second-order valence-electron chi connectivity index (χ2n) is 16.3. The molecule has 0 heterocycles. The minimum atomic E-state index is -0.558. The highest BCUT2D eigenvalue weighted by atomic mass is 16.6. The Hall–Kier alpha value is -2.92. The molecule has 344 valence electrons. The van der Waals surface area contributed by atoms with Crippen molar-refractivity contribution in [3.05, 3.63) is 85.1 Å². The first-order valence-corrected chi connectivity index (χ1v) is 25.1. The van der Waals surface area contributed by atoms with Crippen LogP contribution in [0.25, 0.3) is 0 Å². The van der Waals surface area contributed by atoms with Gasteiger partial charge in [-0.25, -0.2) is 0 Å². The molecule has 0 saturated carbocycles. The first-order chi connectivity index (χ1) is 29.6. The van der Waals surface area contributed by atoms with Gasteiger partial charge in [-0.2, -0.15) is 0 Å². The standard InChI is InChI=1S/C55H94O5/c1-4-7-10-13-16-19-22-24-26-27-28-29-31-32-34-36-39-42-45-48-54(56)59-52-53(51-58-50-47-44-41-38-21-18-15-12-9-6-3)60-55(57)49-46-43-40-37-35-33-30-25-23-20-17-14-11-8-5-2/h7,10,16-17,19-20,24-26,28-30,32,34,53H,4-6,8-9,11-15,18,21-23,27,31,33,35-52H2,1-3H3/b10-7-,19-16-,20-17-,26-24-,29-28-,30-25-,34-32-. The van der Waals surface area contributed by atoms with Crippen LogP contribution in [0.5, 0.6) is 0 Å². The third-order valence-electron chi connectivity index (χ3n) is 10.4. The number of esters is 2. The number of ether oxygens (including phenoxy) is 3. The molecular formula is C55H94O5. The molecular weight excluding hydrogens is 741 g/mol. The molecule has 0 bridgehead atoms. The molecule has 1 atom stereocenters. The summed E-state index contributed by atoms with van der Waals surface area (Å²) in [4.78, 5) is 25.3. The maximum absolute atomic E-state index is 12.8. The SMILES string of the molecule is CC/C=C\C/C=C\C/C=C\C/C=C\C/C=C\CCCCCC(=O)OCC(COCCCCCCCCCCCC)OC(=O)CCCCCCC/C=C\C/C=C\CCCCC. The Morgan fingerprint density at radius 2 is 0.750 bits per heavy atom. The van der Waals surface area contributed by atoms with Crippen LogP contribution in [0.15, 0.2) is 85.1 Å². The van der Waals surface area contributed by atoms with Gasteiger partial charge in [-0.1, -0.05) is 202 Å². The summed E-state index contributed by atoms with van der Waals surface area (Å²) in [6, 6.07) is 0. The zero-order valence-electron chi connectivity index (χ0n) is 39.5. The highest BCUT2D eigenvalue weighted by Crippen LogP contribution is 2.13. The molecule has 0 spiro atoms. The summed E-state index contributed by atoms with van der Waals surface area (Å²) < 4.78 is 17.3. The minimum Gasteiger partial charge on any atom is -0.462 e. The number of allylic oxidation sites excluding steroid dienone is 14. The molecule has 0 fully saturated rings. The van der Waals surface area contributed by atoms with Gasteiger partial charge >= 0.3 is 11.9 Å². The third kappa shape index (κ3) is 47.8. The molecule has 0 rings (SSSR count). The monoisotopic (exact) mass is 835 g/mol. The van der Waals surface area contributed by atoms with Crippen LogP contribution in [0.2, 0.25) is 0 Å². The molecule has 60 heavy (non-hydrogen) atoms. The van der Waals surface area contributed by atoms with Crippen LogP contribution >= 0.6 is 0 Å². The average molecular weight is 835 g/mol. The van der Waals surface area contributed by atoms with E-state index in [1.54, 1.807) is 0 Å². The quantitative estimate of drug-likeness (QED) is 0.0347. The molecule has 0 aliphatic rings. The van der Waals surface area contributed by atoms with Gasteiger partial charge in [0.2, 0.25) is 0 Å². The van der Waals surface area contributed by atoms with Crippen molar-refractivity contribution in [1.82, 2.24) is 0 Å². The lowest BCUT2D eigenvalue weighted by Crippen LogP contribution is -2.30. The maximum Gasteiger partial charge on any atom is 0.306 e. The Kier molecular flexibility index (Phi) is 48.0. The number of hydrogen-bond acceptors (Lipinski definition) is 5. The zero-order chi connectivity index (χ0) is 43.5. The summed E-state index contributed by atoms with van der Waals surface area (Å²) in [5, 5.41) is 0. The Morgan fingerprint density at radius 1 is 0.383 bits per heavy atom. The van der Waals surface area contributed by atoms with Gasteiger partial charge in [-0.15, -0.1) is 0 Å². The maximum atomic E-state index is 12.8. The molecule has 0 N–H and O–H groups in total. The molecule has 1 unspecified atom stereocenters. The average Bonchev–Trinajstić information content (AvgIpc) is 3.25. The van der Waals surface area contributed by atoms with E-state index in [0.29, 0.717) is 19.4 Å². The lowest BCUT2D eigenvalue weighted by atomic mass is 10.1. The lowest BCUT2D eigenvalue weighted by Gasteiger charge is -2.18. The molecule has 0 saturated heterocycles. The smallest absolute Gasteiger partial charge is 0.306 e. The third-order valence-corrected chi connectivity index (χ3v) is 10.4. The van der Waals surface area contributed by atoms with Crippen molar-refractivity contribution < 1.29 is 23.8 Å². The fourth-order valence-corrected chi connectivity index (χ4v) is 6.68. The topological polar surface area (TPSA) is 61.8 Å². The van der Waals surface area contributed by atoms with Crippen molar-refractivity contribution in [1.29, 1.82) is 0 Å². The highest BCUT2D eigenvalue weighted by Gasteiger charge is 2.17. The van der Waals surface area contributed by atoms with Crippen molar-refractivity contribution >= 4 is 11.9 Å². The molecule has 5 heteroatoms. The fraction of sp³-hybridized carbons (Fsp3) is 0.709. The van der Waals surface area contributed by atoms with Crippen LogP contribution < -0.4 is 0 Å². The van der Waals surface area contributed by atoms with Crippen LogP contribution in [-0.2, 0) is 23.8 Å². The normalized spacial score (nSPS) is 12.9. The van der Waals surface area contributed by atoms with E-state index >= 15 is 0 Å². The number of carbonyl (C=O) groups is 2. The Morgan fingerprint density at radius 3 is 1.25 bits per heavy atom. The van der Waals surface area contributed by atoms with Crippen LogP contribution in [0.1, 0.15) is 226 Å². The van der Waals surface area contributed by atoms with E-state index in [0.717, 1.165) is 103 Å². The largest absolute Gasteiger partial charge is 0.462 e. The van der Waals surface area contributed by atoms with Gasteiger partial charge in [0, 0.05) is 19.4 Å².